The summed E-state index contributed by atoms with van der Waals surface area (Å²) in [5.74, 6) is 0.744. The number of hydrogen-bond acceptors (Lipinski definition) is 4. The van der Waals surface area contributed by atoms with Gasteiger partial charge in [0.15, 0.2) is 0 Å². The molecule has 1 aliphatic rings. The first kappa shape index (κ1) is 16.1. The SMILES string of the molecule is CC1CCC(NCCc2ccc(CO)cc2)C(n2cncn2)C1. The topological polar surface area (TPSA) is 63.0 Å². The molecule has 1 aromatic carbocycles. The zero-order valence-corrected chi connectivity index (χ0v) is 13.7. The van der Waals surface area contributed by atoms with Gasteiger partial charge in [0.05, 0.1) is 12.6 Å². The van der Waals surface area contributed by atoms with Crippen LogP contribution in [0.3, 0.4) is 0 Å². The highest BCUT2D eigenvalue weighted by Gasteiger charge is 2.29. The molecule has 0 bridgehead atoms. The Morgan fingerprint density at radius 2 is 2.00 bits per heavy atom. The van der Waals surface area contributed by atoms with E-state index in [1.807, 2.05) is 23.1 Å². The Hall–Kier alpha value is -1.72. The Balaban J connectivity index is 1.55. The first-order valence-corrected chi connectivity index (χ1v) is 8.52. The molecular weight excluding hydrogens is 288 g/mol. The van der Waals surface area contributed by atoms with E-state index in [0.29, 0.717) is 12.1 Å². The van der Waals surface area contributed by atoms with Gasteiger partial charge in [0, 0.05) is 6.04 Å². The van der Waals surface area contributed by atoms with Gasteiger partial charge >= 0.3 is 0 Å². The van der Waals surface area contributed by atoms with Crippen molar-refractivity contribution < 1.29 is 5.11 Å². The number of aromatic nitrogens is 3. The summed E-state index contributed by atoms with van der Waals surface area (Å²) >= 11 is 0. The van der Waals surface area contributed by atoms with E-state index >= 15 is 0 Å². The number of aliphatic hydroxyl groups excluding tert-OH is 1. The van der Waals surface area contributed by atoms with Gasteiger partial charge in [-0.05, 0) is 49.3 Å². The molecule has 5 nitrogen and oxygen atoms in total. The maximum absolute atomic E-state index is 9.09. The van der Waals surface area contributed by atoms with E-state index in [0.717, 1.165) is 30.9 Å². The summed E-state index contributed by atoms with van der Waals surface area (Å²) in [5, 5.41) is 17.2. The summed E-state index contributed by atoms with van der Waals surface area (Å²) in [7, 11) is 0. The number of rotatable bonds is 6. The lowest BCUT2D eigenvalue weighted by molar-refractivity contribution is 0.203. The number of hydrogen-bond donors (Lipinski definition) is 2. The highest BCUT2D eigenvalue weighted by Crippen LogP contribution is 2.31. The molecule has 1 aromatic heterocycles. The molecule has 0 saturated heterocycles. The maximum Gasteiger partial charge on any atom is 0.137 e. The summed E-state index contributed by atoms with van der Waals surface area (Å²) in [6.45, 7) is 3.39. The molecule has 1 fully saturated rings. The molecule has 0 aliphatic heterocycles. The van der Waals surface area contributed by atoms with Crippen LogP contribution in [0, 0.1) is 5.92 Å². The smallest absolute Gasteiger partial charge is 0.137 e. The minimum absolute atomic E-state index is 0.109. The Morgan fingerprint density at radius 3 is 2.70 bits per heavy atom. The third kappa shape index (κ3) is 4.18. The van der Waals surface area contributed by atoms with Crippen molar-refractivity contribution in [3.05, 3.63) is 48.0 Å². The Bertz CT molecular complexity index is 582. The average Bonchev–Trinajstić information content (AvgIpc) is 3.11. The summed E-state index contributed by atoms with van der Waals surface area (Å²) in [5.41, 5.74) is 2.27. The third-order valence-electron chi connectivity index (χ3n) is 4.88. The van der Waals surface area contributed by atoms with E-state index in [4.69, 9.17) is 5.11 Å². The molecule has 3 rings (SSSR count). The lowest BCUT2D eigenvalue weighted by atomic mass is 9.83. The van der Waals surface area contributed by atoms with Crippen molar-refractivity contribution in [3.8, 4) is 0 Å². The van der Waals surface area contributed by atoms with Crippen LogP contribution in [0.2, 0.25) is 0 Å². The molecule has 2 N–H and O–H groups in total. The molecular formula is C18H26N4O. The minimum Gasteiger partial charge on any atom is -0.392 e. The van der Waals surface area contributed by atoms with E-state index in [9.17, 15) is 0 Å². The molecule has 0 spiro atoms. The summed E-state index contributed by atoms with van der Waals surface area (Å²) in [6.07, 6.45) is 8.08. The Morgan fingerprint density at radius 1 is 1.22 bits per heavy atom. The molecule has 1 aliphatic carbocycles. The van der Waals surface area contributed by atoms with Crippen molar-refractivity contribution >= 4 is 0 Å². The number of benzene rings is 1. The van der Waals surface area contributed by atoms with Crippen LogP contribution < -0.4 is 5.32 Å². The molecule has 0 amide bonds. The van der Waals surface area contributed by atoms with Crippen LogP contribution >= 0.6 is 0 Å². The zero-order chi connectivity index (χ0) is 16.1. The zero-order valence-electron chi connectivity index (χ0n) is 13.7. The van der Waals surface area contributed by atoms with Crippen molar-refractivity contribution in [2.45, 2.75) is 51.3 Å². The van der Waals surface area contributed by atoms with Crippen molar-refractivity contribution in [3.63, 3.8) is 0 Å². The molecule has 23 heavy (non-hydrogen) atoms. The quantitative estimate of drug-likeness (QED) is 0.859. The van der Waals surface area contributed by atoms with Crippen LogP contribution in [0.4, 0.5) is 0 Å². The number of nitrogens with zero attached hydrogens (tertiary/aromatic N) is 3. The first-order chi connectivity index (χ1) is 11.3. The van der Waals surface area contributed by atoms with Gasteiger partial charge in [-0.1, -0.05) is 31.2 Å². The van der Waals surface area contributed by atoms with Gasteiger partial charge in [-0.3, -0.25) is 0 Å². The molecule has 3 unspecified atom stereocenters. The van der Waals surface area contributed by atoms with Crippen LogP contribution in [-0.4, -0.2) is 32.5 Å². The highest BCUT2D eigenvalue weighted by molar-refractivity contribution is 5.22. The van der Waals surface area contributed by atoms with Gasteiger partial charge in [-0.2, -0.15) is 5.10 Å². The van der Waals surface area contributed by atoms with Crippen LogP contribution in [0.5, 0.6) is 0 Å². The molecule has 2 aromatic rings. The van der Waals surface area contributed by atoms with Crippen LogP contribution in [0.25, 0.3) is 0 Å². The van der Waals surface area contributed by atoms with E-state index in [-0.39, 0.29) is 6.61 Å². The second-order valence-corrected chi connectivity index (χ2v) is 6.65. The Labute approximate surface area is 137 Å². The Kier molecular flexibility index (Phi) is 5.41. The van der Waals surface area contributed by atoms with Crippen molar-refractivity contribution in [1.82, 2.24) is 20.1 Å². The van der Waals surface area contributed by atoms with Gasteiger partial charge < -0.3 is 10.4 Å². The second-order valence-electron chi connectivity index (χ2n) is 6.65. The molecule has 0 radical (unpaired) electrons. The maximum atomic E-state index is 9.09. The van der Waals surface area contributed by atoms with E-state index in [1.54, 1.807) is 6.33 Å². The lowest BCUT2D eigenvalue weighted by Crippen LogP contribution is -2.42. The molecule has 5 heteroatoms. The van der Waals surface area contributed by atoms with E-state index in [2.05, 4.69) is 34.5 Å². The molecule has 3 atom stereocenters. The molecule has 124 valence electrons. The van der Waals surface area contributed by atoms with E-state index < -0.39 is 0 Å². The van der Waals surface area contributed by atoms with Crippen molar-refractivity contribution in [2.75, 3.05) is 6.54 Å². The van der Waals surface area contributed by atoms with Crippen LogP contribution in [0.15, 0.2) is 36.9 Å². The minimum atomic E-state index is 0.109. The predicted octanol–water partition coefficient (Wildman–Crippen LogP) is 2.33. The monoisotopic (exact) mass is 314 g/mol. The van der Waals surface area contributed by atoms with Crippen molar-refractivity contribution in [1.29, 1.82) is 0 Å². The van der Waals surface area contributed by atoms with Gasteiger partial charge in [-0.15, -0.1) is 0 Å². The standard InChI is InChI=1S/C18H26N4O/c1-14-2-7-17(18(10-14)22-13-19-12-21-22)20-9-8-15-3-5-16(11-23)6-4-15/h3-6,12-14,17-18,20,23H,2,7-11H2,1H3. The van der Waals surface area contributed by atoms with E-state index in [1.165, 1.54) is 18.4 Å². The summed E-state index contributed by atoms with van der Waals surface area (Å²) in [4.78, 5) is 4.10. The van der Waals surface area contributed by atoms with Gasteiger partial charge in [0.1, 0.15) is 12.7 Å². The summed E-state index contributed by atoms with van der Waals surface area (Å²) in [6, 6.07) is 9.06. The van der Waals surface area contributed by atoms with Crippen LogP contribution in [0.1, 0.15) is 43.4 Å². The fourth-order valence-corrected chi connectivity index (χ4v) is 3.48. The molecule has 1 heterocycles. The lowest BCUT2D eigenvalue weighted by Gasteiger charge is -2.35. The second kappa shape index (κ2) is 7.70. The average molecular weight is 314 g/mol. The normalized spacial score (nSPS) is 24.7. The third-order valence-corrected chi connectivity index (χ3v) is 4.88. The summed E-state index contributed by atoms with van der Waals surface area (Å²) < 4.78 is 2.02. The highest BCUT2D eigenvalue weighted by atomic mass is 16.3. The predicted molar refractivity (Wildman–Crippen MR) is 89.9 cm³/mol. The number of aliphatic hydroxyl groups is 1. The number of nitrogens with one attached hydrogen (secondary N) is 1. The fourth-order valence-electron chi connectivity index (χ4n) is 3.48. The first-order valence-electron chi connectivity index (χ1n) is 8.52. The largest absolute Gasteiger partial charge is 0.392 e. The van der Waals surface area contributed by atoms with Gasteiger partial charge in [-0.25, -0.2) is 9.67 Å². The molecule has 1 saturated carbocycles. The van der Waals surface area contributed by atoms with Crippen LogP contribution in [-0.2, 0) is 13.0 Å². The van der Waals surface area contributed by atoms with Gasteiger partial charge in [0.2, 0.25) is 0 Å². The van der Waals surface area contributed by atoms with Crippen molar-refractivity contribution in [2.24, 2.45) is 5.92 Å². The van der Waals surface area contributed by atoms with Gasteiger partial charge in [0.25, 0.3) is 0 Å². The fraction of sp³-hybridized carbons (Fsp3) is 0.556.